The van der Waals surface area contributed by atoms with Crippen LogP contribution in [0.5, 0.6) is 0 Å². The third-order valence-electron chi connectivity index (χ3n) is 2.53. The maximum Gasteiger partial charge on any atom is 0.335 e. The molecule has 0 unspecified atom stereocenters. The second kappa shape index (κ2) is 4.78. The molecular weight excluding hydrogens is 180 g/mol. The van der Waals surface area contributed by atoms with Gasteiger partial charge in [0.1, 0.15) is 0 Å². The zero-order valence-corrected chi connectivity index (χ0v) is 9.89. The Morgan fingerprint density at radius 2 is 1.79 bits per heavy atom. The minimum absolute atomic E-state index is 0.373. The van der Waals surface area contributed by atoms with Gasteiger partial charge in [-0.2, -0.15) is 0 Å². The average molecular weight is 202 g/mol. The summed E-state index contributed by atoms with van der Waals surface area (Å²) in [6.07, 6.45) is 2.16. The van der Waals surface area contributed by atoms with Crippen LogP contribution < -0.4 is 0 Å². The highest BCUT2D eigenvalue weighted by molar-refractivity contribution is 5.76. The van der Waals surface area contributed by atoms with E-state index in [1.807, 2.05) is 27.7 Å². The van der Waals surface area contributed by atoms with E-state index in [1.54, 1.807) is 6.92 Å². The average Bonchev–Trinajstić information content (AvgIpc) is 2.03. The van der Waals surface area contributed by atoms with Crippen LogP contribution in [0.25, 0.3) is 0 Å². The Hall–Kier alpha value is -0.570. The van der Waals surface area contributed by atoms with Crippen molar-refractivity contribution in [2.45, 2.75) is 65.1 Å². The van der Waals surface area contributed by atoms with E-state index in [2.05, 4.69) is 0 Å². The third-order valence-corrected chi connectivity index (χ3v) is 2.53. The van der Waals surface area contributed by atoms with Crippen molar-refractivity contribution in [3.8, 4) is 0 Å². The molecule has 84 valence electrons. The van der Waals surface area contributed by atoms with Gasteiger partial charge in [0.15, 0.2) is 5.60 Å². The molecule has 0 bridgehead atoms. The molecule has 0 aromatic rings. The van der Waals surface area contributed by atoms with Gasteiger partial charge in [0.2, 0.25) is 0 Å². The van der Waals surface area contributed by atoms with Crippen LogP contribution in [0.3, 0.4) is 0 Å². The van der Waals surface area contributed by atoms with Gasteiger partial charge in [-0.25, -0.2) is 4.79 Å². The number of rotatable bonds is 6. The largest absolute Gasteiger partial charge is 0.479 e. The molecule has 0 aromatic carbocycles. The second-order valence-corrected chi connectivity index (χ2v) is 4.50. The van der Waals surface area contributed by atoms with Crippen LogP contribution in [0.1, 0.15) is 53.9 Å². The number of aliphatic carboxylic acids is 1. The van der Waals surface area contributed by atoms with Crippen molar-refractivity contribution in [3.63, 3.8) is 0 Å². The normalized spacial score (nSPS) is 16.4. The summed E-state index contributed by atoms with van der Waals surface area (Å²) in [5.41, 5.74) is -1.42. The van der Waals surface area contributed by atoms with Crippen LogP contribution in [0.15, 0.2) is 0 Å². The lowest BCUT2D eigenvalue weighted by atomic mass is 9.97. The molecule has 0 aliphatic rings. The number of hydrogen-bond donors (Lipinski definition) is 1. The van der Waals surface area contributed by atoms with Crippen molar-refractivity contribution < 1.29 is 14.6 Å². The monoisotopic (exact) mass is 202 g/mol. The number of hydrogen-bond acceptors (Lipinski definition) is 2. The zero-order valence-electron chi connectivity index (χ0n) is 9.89. The predicted octanol–water partition coefficient (Wildman–Crippen LogP) is 2.84. The maximum absolute atomic E-state index is 11.1. The Morgan fingerprint density at radius 3 is 2.07 bits per heavy atom. The Bertz CT molecular complexity index is 199. The molecule has 0 fully saturated rings. The first-order chi connectivity index (χ1) is 6.27. The fraction of sp³-hybridized carbons (Fsp3) is 0.909. The molecule has 0 spiro atoms. The van der Waals surface area contributed by atoms with E-state index < -0.39 is 11.6 Å². The Kier molecular flexibility index (Phi) is 4.59. The summed E-state index contributed by atoms with van der Waals surface area (Å²) >= 11 is 0. The van der Waals surface area contributed by atoms with Crippen LogP contribution in [-0.2, 0) is 9.53 Å². The summed E-state index contributed by atoms with van der Waals surface area (Å²) in [5, 5.41) is 9.10. The van der Waals surface area contributed by atoms with Gasteiger partial charge in [-0.1, -0.05) is 20.3 Å². The molecule has 0 aliphatic heterocycles. The fourth-order valence-electron chi connectivity index (χ4n) is 1.36. The molecule has 1 atom stereocenters. The van der Waals surface area contributed by atoms with Gasteiger partial charge >= 0.3 is 5.97 Å². The molecule has 0 rings (SSSR count). The molecule has 3 nitrogen and oxygen atoms in total. The van der Waals surface area contributed by atoms with E-state index in [4.69, 9.17) is 9.84 Å². The van der Waals surface area contributed by atoms with Crippen molar-refractivity contribution >= 4 is 5.97 Å². The number of carboxylic acids is 1. The van der Waals surface area contributed by atoms with E-state index in [0.717, 1.165) is 12.8 Å². The van der Waals surface area contributed by atoms with Crippen LogP contribution in [0.2, 0.25) is 0 Å². The summed E-state index contributed by atoms with van der Waals surface area (Å²) in [6, 6.07) is 0. The molecule has 0 aliphatic carbocycles. The first kappa shape index (κ1) is 13.4. The van der Waals surface area contributed by atoms with Crippen LogP contribution in [0, 0.1) is 0 Å². The first-order valence-corrected chi connectivity index (χ1v) is 5.21. The summed E-state index contributed by atoms with van der Waals surface area (Å²) in [5.74, 6) is -0.874. The molecule has 3 heteroatoms. The lowest BCUT2D eigenvalue weighted by Crippen LogP contribution is -2.45. The first-order valence-electron chi connectivity index (χ1n) is 5.21. The van der Waals surface area contributed by atoms with Crippen LogP contribution >= 0.6 is 0 Å². The van der Waals surface area contributed by atoms with Gasteiger partial charge in [-0.15, -0.1) is 0 Å². The van der Waals surface area contributed by atoms with Crippen LogP contribution in [0.4, 0.5) is 0 Å². The standard InChI is InChI=1S/C11H22O3/c1-6-8-11(5,9(12)13)14-10(3,4)7-2/h6-8H2,1-5H3,(H,12,13)/t11-/m0/s1. The van der Waals surface area contributed by atoms with Crippen molar-refractivity contribution in [3.05, 3.63) is 0 Å². The van der Waals surface area contributed by atoms with E-state index in [1.165, 1.54) is 0 Å². The number of ether oxygens (including phenoxy) is 1. The van der Waals surface area contributed by atoms with Gasteiger partial charge in [0.25, 0.3) is 0 Å². The lowest BCUT2D eigenvalue weighted by Gasteiger charge is -2.35. The smallest absolute Gasteiger partial charge is 0.335 e. The molecule has 0 radical (unpaired) electrons. The fourth-order valence-corrected chi connectivity index (χ4v) is 1.36. The molecule has 1 N–H and O–H groups in total. The summed E-state index contributed by atoms with van der Waals surface area (Å²) in [7, 11) is 0. The van der Waals surface area contributed by atoms with E-state index in [9.17, 15) is 4.79 Å². The quantitative estimate of drug-likeness (QED) is 0.720. The van der Waals surface area contributed by atoms with Gasteiger partial charge in [0, 0.05) is 0 Å². The SMILES string of the molecule is CCC[C@](C)(OC(C)(C)CC)C(=O)O. The molecule has 0 aromatic heterocycles. The third kappa shape index (κ3) is 3.66. The Labute approximate surface area is 86.5 Å². The second-order valence-electron chi connectivity index (χ2n) is 4.50. The minimum Gasteiger partial charge on any atom is -0.479 e. The Balaban J connectivity index is 4.60. The highest BCUT2D eigenvalue weighted by atomic mass is 16.5. The molecule has 0 amide bonds. The zero-order chi connectivity index (χ0) is 11.4. The van der Waals surface area contributed by atoms with Crippen molar-refractivity contribution in [1.29, 1.82) is 0 Å². The van der Waals surface area contributed by atoms with Gasteiger partial charge in [-0.3, -0.25) is 0 Å². The topological polar surface area (TPSA) is 46.5 Å². The minimum atomic E-state index is -1.05. The van der Waals surface area contributed by atoms with Crippen molar-refractivity contribution in [1.82, 2.24) is 0 Å². The summed E-state index contributed by atoms with van der Waals surface area (Å²) < 4.78 is 5.68. The van der Waals surface area contributed by atoms with E-state index in [0.29, 0.717) is 6.42 Å². The van der Waals surface area contributed by atoms with E-state index in [-0.39, 0.29) is 5.60 Å². The van der Waals surface area contributed by atoms with Crippen molar-refractivity contribution in [2.75, 3.05) is 0 Å². The van der Waals surface area contributed by atoms with Crippen LogP contribution in [-0.4, -0.2) is 22.3 Å². The summed E-state index contributed by atoms with van der Waals surface area (Å²) in [4.78, 5) is 11.1. The molecule has 0 saturated carbocycles. The number of carbonyl (C=O) groups is 1. The summed E-state index contributed by atoms with van der Waals surface area (Å²) in [6.45, 7) is 9.45. The van der Waals surface area contributed by atoms with Gasteiger partial charge < -0.3 is 9.84 Å². The van der Waals surface area contributed by atoms with Gasteiger partial charge in [-0.05, 0) is 33.6 Å². The molecular formula is C11H22O3. The highest BCUT2D eigenvalue weighted by Gasteiger charge is 2.38. The molecule has 0 heterocycles. The van der Waals surface area contributed by atoms with Gasteiger partial charge in [0.05, 0.1) is 5.60 Å². The molecule has 14 heavy (non-hydrogen) atoms. The molecule has 0 saturated heterocycles. The van der Waals surface area contributed by atoms with Crippen molar-refractivity contribution in [2.24, 2.45) is 0 Å². The highest BCUT2D eigenvalue weighted by Crippen LogP contribution is 2.27. The maximum atomic E-state index is 11.1. The van der Waals surface area contributed by atoms with E-state index >= 15 is 0 Å². The lowest BCUT2D eigenvalue weighted by molar-refractivity contribution is -0.185. The number of carboxylic acid groups (broad SMARTS) is 1. The Morgan fingerprint density at radius 1 is 1.29 bits per heavy atom. The predicted molar refractivity (Wildman–Crippen MR) is 56.4 cm³/mol.